The van der Waals surface area contributed by atoms with Crippen LogP contribution in [-0.2, 0) is 11.2 Å². The molecule has 3 heteroatoms. The summed E-state index contributed by atoms with van der Waals surface area (Å²) in [5.74, 6) is 0. The Bertz CT molecular complexity index is 282. The van der Waals surface area contributed by atoms with E-state index < -0.39 is 0 Å². The quantitative estimate of drug-likeness (QED) is 0.683. The fraction of sp³-hybridized carbons (Fsp3) is 0.714. The summed E-state index contributed by atoms with van der Waals surface area (Å²) >= 11 is 1.81. The Kier molecular flexibility index (Phi) is 6.78. The van der Waals surface area contributed by atoms with Gasteiger partial charge in [0, 0.05) is 23.3 Å². The van der Waals surface area contributed by atoms with E-state index in [1.165, 1.54) is 11.3 Å². The van der Waals surface area contributed by atoms with Crippen LogP contribution in [0.4, 0.5) is 0 Å². The third kappa shape index (κ3) is 6.81. The van der Waals surface area contributed by atoms with Crippen LogP contribution in [0.15, 0.2) is 17.5 Å². The molecule has 0 radical (unpaired) electrons. The molecule has 0 unspecified atom stereocenters. The van der Waals surface area contributed by atoms with Crippen LogP contribution >= 0.6 is 11.3 Å². The van der Waals surface area contributed by atoms with Gasteiger partial charge in [-0.1, -0.05) is 26.8 Å². The Morgan fingerprint density at radius 1 is 1.41 bits per heavy atom. The smallest absolute Gasteiger partial charge is 0.0529 e. The highest BCUT2D eigenvalue weighted by Crippen LogP contribution is 2.15. The van der Waals surface area contributed by atoms with Crippen molar-refractivity contribution >= 4 is 11.3 Å². The normalized spacial score (nSPS) is 11.9. The summed E-state index contributed by atoms with van der Waals surface area (Å²) in [6.45, 7) is 10.5. The van der Waals surface area contributed by atoms with E-state index in [0.29, 0.717) is 0 Å². The van der Waals surface area contributed by atoms with Gasteiger partial charge >= 0.3 is 0 Å². The number of thiophene rings is 1. The molecule has 2 nitrogen and oxygen atoms in total. The molecule has 0 saturated carbocycles. The third-order valence-corrected chi connectivity index (χ3v) is 3.53. The van der Waals surface area contributed by atoms with Crippen LogP contribution in [0, 0.1) is 5.41 Å². The predicted molar refractivity (Wildman–Crippen MR) is 75.8 cm³/mol. The molecule has 1 aromatic rings. The summed E-state index contributed by atoms with van der Waals surface area (Å²) in [4.78, 5) is 1.41. The predicted octanol–water partition coefficient (Wildman–Crippen LogP) is 3.33. The first-order valence-electron chi connectivity index (χ1n) is 6.45. The molecule has 98 valence electrons. The molecule has 1 aromatic heterocycles. The van der Waals surface area contributed by atoms with Crippen molar-refractivity contribution in [1.29, 1.82) is 0 Å². The number of hydrogen-bond acceptors (Lipinski definition) is 3. The van der Waals surface area contributed by atoms with Gasteiger partial charge in [0.05, 0.1) is 13.2 Å². The van der Waals surface area contributed by atoms with Gasteiger partial charge in [-0.15, -0.1) is 11.3 Å². The van der Waals surface area contributed by atoms with E-state index >= 15 is 0 Å². The van der Waals surface area contributed by atoms with Crippen LogP contribution < -0.4 is 5.32 Å². The van der Waals surface area contributed by atoms with E-state index in [2.05, 4.69) is 43.6 Å². The average Bonchev–Trinajstić information content (AvgIpc) is 2.77. The zero-order valence-electron chi connectivity index (χ0n) is 11.3. The van der Waals surface area contributed by atoms with Gasteiger partial charge in [0.25, 0.3) is 0 Å². The minimum absolute atomic E-state index is 0.227. The molecule has 0 aliphatic carbocycles. The topological polar surface area (TPSA) is 21.3 Å². The summed E-state index contributed by atoms with van der Waals surface area (Å²) in [5.41, 5.74) is 0.227. The highest BCUT2D eigenvalue weighted by molar-refractivity contribution is 7.09. The van der Waals surface area contributed by atoms with Crippen LogP contribution in [0.1, 0.15) is 32.1 Å². The average molecular weight is 255 g/mol. The van der Waals surface area contributed by atoms with Gasteiger partial charge in [-0.3, -0.25) is 0 Å². The summed E-state index contributed by atoms with van der Waals surface area (Å²) < 4.78 is 5.77. The minimum Gasteiger partial charge on any atom is -0.380 e. The first-order valence-corrected chi connectivity index (χ1v) is 7.33. The van der Waals surface area contributed by atoms with Crippen LogP contribution in [0.25, 0.3) is 0 Å². The Hall–Kier alpha value is -0.380. The highest BCUT2D eigenvalue weighted by atomic mass is 32.1. The summed E-state index contributed by atoms with van der Waals surface area (Å²) in [6.07, 6.45) is 2.23. The standard InChI is InChI=1S/C14H25NOS/c1-4-8-15-11-14(2,3)12-16-9-7-13-6-5-10-17-13/h5-6,10,15H,4,7-9,11-12H2,1-3H3. The summed E-state index contributed by atoms with van der Waals surface area (Å²) in [6, 6.07) is 4.26. The van der Waals surface area contributed by atoms with Gasteiger partial charge < -0.3 is 10.1 Å². The Morgan fingerprint density at radius 3 is 2.88 bits per heavy atom. The fourth-order valence-electron chi connectivity index (χ4n) is 1.63. The summed E-state index contributed by atoms with van der Waals surface area (Å²) in [5, 5.41) is 5.57. The van der Waals surface area contributed by atoms with E-state index in [0.717, 1.165) is 32.7 Å². The third-order valence-electron chi connectivity index (χ3n) is 2.60. The number of nitrogens with one attached hydrogen (secondary N) is 1. The SMILES string of the molecule is CCCNCC(C)(C)COCCc1cccs1. The molecule has 0 saturated heterocycles. The second-order valence-corrected chi connectivity index (χ2v) is 6.26. The Balaban J connectivity index is 2.07. The molecule has 0 amide bonds. The minimum atomic E-state index is 0.227. The lowest BCUT2D eigenvalue weighted by molar-refractivity contribution is 0.0644. The number of rotatable bonds is 9. The fourth-order valence-corrected chi connectivity index (χ4v) is 2.32. The van der Waals surface area contributed by atoms with Crippen molar-refractivity contribution in [3.63, 3.8) is 0 Å². The number of hydrogen-bond donors (Lipinski definition) is 1. The number of ether oxygens (including phenoxy) is 1. The van der Waals surface area contributed by atoms with Gasteiger partial charge in [-0.05, 0) is 24.4 Å². The molecule has 0 aliphatic heterocycles. The second kappa shape index (κ2) is 7.85. The summed E-state index contributed by atoms with van der Waals surface area (Å²) in [7, 11) is 0. The lowest BCUT2D eigenvalue weighted by Crippen LogP contribution is -2.33. The molecule has 0 fully saturated rings. The molecular weight excluding hydrogens is 230 g/mol. The van der Waals surface area contributed by atoms with Crippen molar-refractivity contribution in [1.82, 2.24) is 5.32 Å². The van der Waals surface area contributed by atoms with Crippen molar-refractivity contribution in [3.8, 4) is 0 Å². The van der Waals surface area contributed by atoms with Crippen molar-refractivity contribution in [3.05, 3.63) is 22.4 Å². The lowest BCUT2D eigenvalue weighted by Gasteiger charge is -2.24. The zero-order valence-corrected chi connectivity index (χ0v) is 12.1. The van der Waals surface area contributed by atoms with E-state index in [9.17, 15) is 0 Å². The van der Waals surface area contributed by atoms with Crippen molar-refractivity contribution in [2.24, 2.45) is 5.41 Å². The molecule has 0 atom stereocenters. The molecule has 0 aliphatic rings. The van der Waals surface area contributed by atoms with E-state index in [1.807, 2.05) is 0 Å². The van der Waals surface area contributed by atoms with Gasteiger partial charge in [0.2, 0.25) is 0 Å². The second-order valence-electron chi connectivity index (χ2n) is 5.22. The Morgan fingerprint density at radius 2 is 2.24 bits per heavy atom. The molecule has 17 heavy (non-hydrogen) atoms. The first-order chi connectivity index (χ1) is 8.14. The molecule has 1 N–H and O–H groups in total. The maximum Gasteiger partial charge on any atom is 0.0529 e. The van der Waals surface area contributed by atoms with Crippen molar-refractivity contribution < 1.29 is 4.74 Å². The van der Waals surface area contributed by atoms with Gasteiger partial charge in [-0.25, -0.2) is 0 Å². The molecule has 1 rings (SSSR count). The van der Waals surface area contributed by atoms with Crippen molar-refractivity contribution in [2.75, 3.05) is 26.3 Å². The molecule has 0 bridgehead atoms. The van der Waals surface area contributed by atoms with Gasteiger partial charge in [0.15, 0.2) is 0 Å². The highest BCUT2D eigenvalue weighted by Gasteiger charge is 2.17. The zero-order chi connectivity index (χ0) is 12.6. The monoisotopic (exact) mass is 255 g/mol. The van der Waals surface area contributed by atoms with Gasteiger partial charge in [-0.2, -0.15) is 0 Å². The van der Waals surface area contributed by atoms with E-state index in [4.69, 9.17) is 4.74 Å². The molecule has 0 spiro atoms. The van der Waals surface area contributed by atoms with E-state index in [-0.39, 0.29) is 5.41 Å². The Labute approximate surface area is 109 Å². The van der Waals surface area contributed by atoms with Crippen LogP contribution in [0.2, 0.25) is 0 Å². The largest absolute Gasteiger partial charge is 0.380 e. The molecule has 0 aromatic carbocycles. The lowest BCUT2D eigenvalue weighted by atomic mass is 9.95. The van der Waals surface area contributed by atoms with Crippen molar-refractivity contribution in [2.45, 2.75) is 33.6 Å². The van der Waals surface area contributed by atoms with E-state index in [1.54, 1.807) is 11.3 Å². The van der Waals surface area contributed by atoms with Gasteiger partial charge in [0.1, 0.15) is 0 Å². The van der Waals surface area contributed by atoms with Crippen LogP contribution in [0.3, 0.4) is 0 Å². The maximum absolute atomic E-state index is 5.77. The van der Waals surface area contributed by atoms with Crippen LogP contribution in [0.5, 0.6) is 0 Å². The first kappa shape index (κ1) is 14.7. The van der Waals surface area contributed by atoms with Crippen LogP contribution in [-0.4, -0.2) is 26.3 Å². The molecular formula is C14H25NOS. The molecule has 1 heterocycles. The maximum atomic E-state index is 5.77.